The molecule has 2 amide bonds. The number of ether oxygens (including phenoxy) is 2. The van der Waals surface area contributed by atoms with Crippen LogP contribution in [0, 0.1) is 5.92 Å². The second-order valence-corrected chi connectivity index (χ2v) is 9.85. The van der Waals surface area contributed by atoms with E-state index < -0.39 is 29.8 Å². The van der Waals surface area contributed by atoms with Gasteiger partial charge in [-0.05, 0) is 55.4 Å². The lowest BCUT2D eigenvalue weighted by molar-refractivity contribution is -0.140. The van der Waals surface area contributed by atoms with E-state index in [1.165, 1.54) is 4.90 Å². The van der Waals surface area contributed by atoms with Gasteiger partial charge in [0, 0.05) is 19.0 Å². The average Bonchev–Trinajstić information content (AvgIpc) is 3.06. The number of carbonyl (C=O) groups is 3. The van der Waals surface area contributed by atoms with Gasteiger partial charge in [0.2, 0.25) is 0 Å². The van der Waals surface area contributed by atoms with Gasteiger partial charge in [-0.1, -0.05) is 48.5 Å². The molecule has 0 bridgehead atoms. The molecule has 1 heterocycles. The maximum atomic E-state index is 12.5. The summed E-state index contributed by atoms with van der Waals surface area (Å²) in [5, 5.41) is 12.1. The minimum absolute atomic E-state index is 0.0393. The van der Waals surface area contributed by atoms with Crippen LogP contribution in [0.1, 0.15) is 44.2 Å². The standard InChI is InChI=1S/C26H30N2O6/c1-26(2,3)34-25(32)28-13-16(14-28)12-22(23(29)30)27-24(31)33-15-21-19-10-6-4-8-17(19)18-9-5-7-11-20(18)21/h4-11,16,21-22H,12-15H2,1-3H3,(H,27,31)(H,29,30)/t22-/m1/s1. The van der Waals surface area contributed by atoms with Crippen molar-refractivity contribution in [2.24, 2.45) is 5.92 Å². The third-order valence-corrected chi connectivity index (χ3v) is 6.11. The number of rotatable bonds is 6. The summed E-state index contributed by atoms with van der Waals surface area (Å²) in [6.45, 7) is 6.28. The van der Waals surface area contributed by atoms with Crippen molar-refractivity contribution in [3.8, 4) is 11.1 Å². The summed E-state index contributed by atoms with van der Waals surface area (Å²) in [6.07, 6.45) is -0.976. The van der Waals surface area contributed by atoms with E-state index in [4.69, 9.17) is 9.47 Å². The van der Waals surface area contributed by atoms with Crippen LogP contribution in [0.5, 0.6) is 0 Å². The molecule has 0 aromatic heterocycles. The molecule has 2 aliphatic rings. The molecule has 2 aromatic rings. The van der Waals surface area contributed by atoms with E-state index in [0.29, 0.717) is 13.1 Å². The number of fused-ring (bicyclic) bond motifs is 3. The third kappa shape index (κ3) is 5.16. The van der Waals surface area contributed by atoms with Crippen molar-refractivity contribution in [3.63, 3.8) is 0 Å². The Labute approximate surface area is 198 Å². The van der Waals surface area contributed by atoms with Crippen molar-refractivity contribution in [1.29, 1.82) is 0 Å². The predicted octanol–water partition coefficient (Wildman–Crippen LogP) is 4.24. The normalized spacial score (nSPS) is 16.1. The van der Waals surface area contributed by atoms with Crippen LogP contribution in [0.2, 0.25) is 0 Å². The van der Waals surface area contributed by atoms with Gasteiger partial charge in [-0.15, -0.1) is 0 Å². The van der Waals surface area contributed by atoms with Crippen molar-refractivity contribution in [2.45, 2.75) is 44.8 Å². The van der Waals surface area contributed by atoms with Gasteiger partial charge in [0.1, 0.15) is 18.2 Å². The molecule has 34 heavy (non-hydrogen) atoms. The fourth-order valence-electron chi connectivity index (χ4n) is 4.53. The summed E-state index contributed by atoms with van der Waals surface area (Å²) in [5.41, 5.74) is 3.83. The molecule has 1 atom stereocenters. The highest BCUT2D eigenvalue weighted by atomic mass is 16.6. The molecule has 2 aromatic carbocycles. The number of nitrogens with one attached hydrogen (secondary N) is 1. The Morgan fingerprint density at radius 1 is 1.03 bits per heavy atom. The average molecular weight is 467 g/mol. The van der Waals surface area contributed by atoms with Gasteiger partial charge < -0.3 is 24.8 Å². The number of hydrogen-bond donors (Lipinski definition) is 2. The molecule has 8 nitrogen and oxygen atoms in total. The zero-order chi connectivity index (χ0) is 24.5. The zero-order valence-corrected chi connectivity index (χ0v) is 19.6. The molecule has 1 fully saturated rings. The smallest absolute Gasteiger partial charge is 0.410 e. The molecule has 4 rings (SSSR count). The molecule has 1 aliphatic carbocycles. The van der Waals surface area contributed by atoms with Crippen LogP contribution in [0.15, 0.2) is 48.5 Å². The van der Waals surface area contributed by atoms with Crippen LogP contribution in [-0.4, -0.2) is 59.5 Å². The number of amides is 2. The van der Waals surface area contributed by atoms with E-state index in [0.717, 1.165) is 22.3 Å². The van der Waals surface area contributed by atoms with Crippen LogP contribution in [0.4, 0.5) is 9.59 Å². The Morgan fingerprint density at radius 2 is 1.59 bits per heavy atom. The van der Waals surface area contributed by atoms with Crippen molar-refractivity contribution >= 4 is 18.2 Å². The molecule has 180 valence electrons. The van der Waals surface area contributed by atoms with Gasteiger partial charge in [0.05, 0.1) is 0 Å². The Kier molecular flexibility index (Phi) is 6.50. The number of carboxylic acid groups (broad SMARTS) is 1. The summed E-state index contributed by atoms with van der Waals surface area (Å²) in [5.74, 6) is -1.28. The molecular formula is C26H30N2O6. The van der Waals surface area contributed by atoms with Crippen LogP contribution in [0.25, 0.3) is 11.1 Å². The van der Waals surface area contributed by atoms with Crippen molar-refractivity contribution in [1.82, 2.24) is 10.2 Å². The first-order valence-corrected chi connectivity index (χ1v) is 11.4. The largest absolute Gasteiger partial charge is 0.480 e. The molecule has 0 radical (unpaired) electrons. The number of nitrogens with zero attached hydrogens (tertiary/aromatic N) is 1. The van der Waals surface area contributed by atoms with E-state index in [2.05, 4.69) is 5.32 Å². The quantitative estimate of drug-likeness (QED) is 0.660. The fourth-order valence-corrected chi connectivity index (χ4v) is 4.53. The maximum absolute atomic E-state index is 12.5. The minimum Gasteiger partial charge on any atom is -0.480 e. The number of benzene rings is 2. The molecule has 1 aliphatic heterocycles. The van der Waals surface area contributed by atoms with E-state index >= 15 is 0 Å². The van der Waals surface area contributed by atoms with Crippen molar-refractivity contribution < 1.29 is 29.0 Å². The number of carboxylic acids is 1. The van der Waals surface area contributed by atoms with E-state index in [1.54, 1.807) is 20.8 Å². The monoisotopic (exact) mass is 466 g/mol. The summed E-state index contributed by atoms with van der Waals surface area (Å²) in [4.78, 5) is 37.8. The van der Waals surface area contributed by atoms with E-state index in [-0.39, 0.29) is 24.9 Å². The first-order valence-electron chi connectivity index (χ1n) is 11.4. The Bertz CT molecular complexity index is 1040. The van der Waals surface area contributed by atoms with Crippen molar-refractivity contribution in [2.75, 3.05) is 19.7 Å². The first kappa shape index (κ1) is 23.6. The zero-order valence-electron chi connectivity index (χ0n) is 19.6. The van der Waals surface area contributed by atoms with Gasteiger partial charge >= 0.3 is 18.2 Å². The van der Waals surface area contributed by atoms with Crippen LogP contribution in [-0.2, 0) is 14.3 Å². The van der Waals surface area contributed by atoms with Gasteiger partial charge in [0.25, 0.3) is 0 Å². The molecule has 0 spiro atoms. The Balaban J connectivity index is 1.30. The predicted molar refractivity (Wildman–Crippen MR) is 126 cm³/mol. The minimum atomic E-state index is -1.13. The van der Waals surface area contributed by atoms with Crippen LogP contribution in [0.3, 0.4) is 0 Å². The van der Waals surface area contributed by atoms with Crippen LogP contribution >= 0.6 is 0 Å². The second kappa shape index (κ2) is 9.37. The lowest BCUT2D eigenvalue weighted by Crippen LogP contribution is -2.54. The van der Waals surface area contributed by atoms with Gasteiger partial charge in [-0.3, -0.25) is 0 Å². The lowest BCUT2D eigenvalue weighted by Gasteiger charge is -2.40. The topological polar surface area (TPSA) is 105 Å². The number of alkyl carbamates (subject to hydrolysis) is 1. The highest BCUT2D eigenvalue weighted by molar-refractivity contribution is 5.81. The van der Waals surface area contributed by atoms with Crippen molar-refractivity contribution in [3.05, 3.63) is 59.7 Å². The Hall–Kier alpha value is -3.55. The molecule has 0 saturated carbocycles. The highest BCUT2D eigenvalue weighted by Gasteiger charge is 2.37. The number of aliphatic carboxylic acids is 1. The van der Waals surface area contributed by atoms with Gasteiger partial charge in [0.15, 0.2) is 0 Å². The Morgan fingerprint density at radius 3 is 2.12 bits per heavy atom. The number of likely N-dealkylation sites (tertiary alicyclic amines) is 1. The molecule has 0 unspecified atom stereocenters. The molecular weight excluding hydrogens is 436 g/mol. The molecule has 2 N–H and O–H groups in total. The van der Waals surface area contributed by atoms with Crippen LogP contribution < -0.4 is 5.32 Å². The SMILES string of the molecule is CC(C)(C)OC(=O)N1CC(C[C@@H](NC(=O)OCC2c3ccccc3-c3ccccc32)C(=O)O)C1. The highest BCUT2D eigenvalue weighted by Crippen LogP contribution is 2.44. The maximum Gasteiger partial charge on any atom is 0.410 e. The second-order valence-electron chi connectivity index (χ2n) is 9.85. The van der Waals surface area contributed by atoms with E-state index in [1.807, 2.05) is 48.5 Å². The first-order chi connectivity index (χ1) is 16.1. The fraction of sp³-hybridized carbons (Fsp3) is 0.423. The van der Waals surface area contributed by atoms with Gasteiger partial charge in [-0.2, -0.15) is 0 Å². The number of carbonyl (C=O) groups excluding carboxylic acids is 2. The molecule has 8 heteroatoms. The van der Waals surface area contributed by atoms with E-state index in [9.17, 15) is 19.5 Å². The van der Waals surface area contributed by atoms with Gasteiger partial charge in [-0.25, -0.2) is 14.4 Å². The lowest BCUT2D eigenvalue weighted by atomic mass is 9.92. The summed E-state index contributed by atoms with van der Waals surface area (Å²) < 4.78 is 10.8. The molecule has 1 saturated heterocycles. The summed E-state index contributed by atoms with van der Waals surface area (Å²) in [6, 6.07) is 14.9. The summed E-state index contributed by atoms with van der Waals surface area (Å²) >= 11 is 0. The summed E-state index contributed by atoms with van der Waals surface area (Å²) in [7, 11) is 0. The number of hydrogen-bond acceptors (Lipinski definition) is 5. The third-order valence-electron chi connectivity index (χ3n) is 6.11.